The van der Waals surface area contributed by atoms with Crippen LogP contribution in [-0.2, 0) is 16.0 Å². The van der Waals surface area contributed by atoms with Gasteiger partial charge in [0.2, 0.25) is 11.8 Å². The molecule has 1 fully saturated rings. The van der Waals surface area contributed by atoms with Crippen molar-refractivity contribution in [1.29, 1.82) is 0 Å². The average Bonchev–Trinajstić information content (AvgIpc) is 3.14. The van der Waals surface area contributed by atoms with E-state index in [1.165, 1.54) is 0 Å². The molecule has 3 unspecified atom stereocenters. The predicted octanol–water partition coefficient (Wildman–Crippen LogP) is 5.54. The van der Waals surface area contributed by atoms with E-state index in [0.717, 1.165) is 42.4 Å². The first kappa shape index (κ1) is 28.6. The number of anilines is 2. The monoisotopic (exact) mass is 552 g/mol. The summed E-state index contributed by atoms with van der Waals surface area (Å²) >= 11 is 0. The first-order chi connectivity index (χ1) is 19.9. The largest absolute Gasteiger partial charge is 0.352 e. The first-order valence-electron chi connectivity index (χ1n) is 14.8. The van der Waals surface area contributed by atoms with Crippen LogP contribution in [0.3, 0.4) is 0 Å². The summed E-state index contributed by atoms with van der Waals surface area (Å²) in [4.78, 5) is 41.9. The van der Waals surface area contributed by atoms with E-state index in [0.29, 0.717) is 54.7 Å². The number of nitrogens with zero attached hydrogens (tertiary/aromatic N) is 1. The van der Waals surface area contributed by atoms with Gasteiger partial charge in [-0.05, 0) is 80.3 Å². The molecule has 3 atom stereocenters. The van der Waals surface area contributed by atoms with Crippen LogP contribution in [0.15, 0.2) is 72.8 Å². The standard InChI is InChI=1S/C34H40N4O3/c1-23-10-13-27(14-11-23)31-20-32(39)37-29-19-28(34(41)36-22-26-9-5-8-25(18-26)21-35)15-16-30(29)38(31)33(40)17-12-24-6-3-2-4-7-24/h2-4,6-7,10-11,13-16,19,25-26,31H,5,8-9,12,17-18,20-22,35H2,1H3,(H,36,41)(H,37,39). The van der Waals surface area contributed by atoms with Gasteiger partial charge in [-0.25, -0.2) is 0 Å². The molecule has 7 nitrogen and oxygen atoms in total. The molecular weight excluding hydrogens is 512 g/mol. The number of benzene rings is 3. The van der Waals surface area contributed by atoms with Gasteiger partial charge in [0.05, 0.1) is 23.8 Å². The van der Waals surface area contributed by atoms with Crippen molar-refractivity contribution in [2.45, 2.75) is 57.9 Å². The molecule has 1 saturated carbocycles. The number of aryl methyl sites for hydroxylation is 2. The Kier molecular flexibility index (Phi) is 9.14. The lowest BCUT2D eigenvalue weighted by molar-refractivity contribution is -0.119. The predicted molar refractivity (Wildman–Crippen MR) is 163 cm³/mol. The highest BCUT2D eigenvalue weighted by Crippen LogP contribution is 2.39. The van der Waals surface area contributed by atoms with Crippen LogP contribution in [0.1, 0.15) is 71.6 Å². The van der Waals surface area contributed by atoms with Crippen LogP contribution in [0.5, 0.6) is 0 Å². The maximum Gasteiger partial charge on any atom is 0.251 e. The lowest BCUT2D eigenvalue weighted by atomic mass is 9.81. The number of nitrogens with two attached hydrogens (primary N) is 1. The van der Waals surface area contributed by atoms with Gasteiger partial charge in [0.1, 0.15) is 0 Å². The number of hydrogen-bond donors (Lipinski definition) is 3. The number of nitrogens with one attached hydrogen (secondary N) is 2. The van der Waals surface area contributed by atoms with Gasteiger partial charge in [0.25, 0.3) is 5.91 Å². The van der Waals surface area contributed by atoms with Crippen molar-refractivity contribution in [3.8, 4) is 0 Å². The lowest BCUT2D eigenvalue weighted by Crippen LogP contribution is -2.35. The third-order valence-corrected chi connectivity index (χ3v) is 8.46. The van der Waals surface area contributed by atoms with Crippen LogP contribution in [0, 0.1) is 18.8 Å². The Morgan fingerprint density at radius 1 is 1.00 bits per heavy atom. The van der Waals surface area contributed by atoms with Crippen molar-refractivity contribution in [1.82, 2.24) is 5.32 Å². The molecule has 0 bridgehead atoms. The van der Waals surface area contributed by atoms with Crippen molar-refractivity contribution in [2.75, 3.05) is 23.3 Å². The van der Waals surface area contributed by atoms with Gasteiger partial charge in [0, 0.05) is 18.5 Å². The van der Waals surface area contributed by atoms with Crippen LogP contribution >= 0.6 is 0 Å². The highest BCUT2D eigenvalue weighted by molar-refractivity contribution is 6.06. The van der Waals surface area contributed by atoms with Crippen molar-refractivity contribution >= 4 is 29.1 Å². The molecule has 0 spiro atoms. The quantitative estimate of drug-likeness (QED) is 0.341. The Morgan fingerprint density at radius 3 is 2.51 bits per heavy atom. The maximum atomic E-state index is 13.9. The molecule has 1 heterocycles. The Balaban J connectivity index is 1.40. The Hall–Kier alpha value is -3.97. The van der Waals surface area contributed by atoms with Gasteiger partial charge < -0.3 is 21.3 Å². The summed E-state index contributed by atoms with van der Waals surface area (Å²) < 4.78 is 0. The summed E-state index contributed by atoms with van der Waals surface area (Å²) in [6.45, 7) is 3.32. The van der Waals surface area contributed by atoms with E-state index in [1.54, 1.807) is 23.1 Å². The average molecular weight is 553 g/mol. The summed E-state index contributed by atoms with van der Waals surface area (Å²) in [5.74, 6) is 0.511. The van der Waals surface area contributed by atoms with E-state index in [9.17, 15) is 14.4 Å². The molecule has 3 aromatic rings. The molecule has 1 aliphatic carbocycles. The SMILES string of the molecule is Cc1ccc(C2CC(=O)Nc3cc(C(=O)NCC4CCCC(CN)C4)ccc3N2C(=O)CCc2ccccc2)cc1. The fourth-order valence-electron chi connectivity index (χ4n) is 6.14. The van der Waals surface area contributed by atoms with E-state index in [4.69, 9.17) is 5.73 Å². The molecule has 0 radical (unpaired) electrons. The van der Waals surface area contributed by atoms with Gasteiger partial charge >= 0.3 is 0 Å². The van der Waals surface area contributed by atoms with Gasteiger partial charge in [-0.2, -0.15) is 0 Å². The topological polar surface area (TPSA) is 105 Å². The fraction of sp³-hybridized carbons (Fsp3) is 0.382. The zero-order chi connectivity index (χ0) is 28.8. The highest BCUT2D eigenvalue weighted by atomic mass is 16.2. The number of carbonyl (C=O) groups is 3. The molecule has 3 aromatic carbocycles. The maximum absolute atomic E-state index is 13.9. The summed E-state index contributed by atoms with van der Waals surface area (Å²) in [6.07, 6.45) is 5.46. The molecule has 0 aromatic heterocycles. The minimum absolute atomic E-state index is 0.0684. The Bertz CT molecular complexity index is 1370. The van der Waals surface area contributed by atoms with Crippen LogP contribution in [0.25, 0.3) is 0 Å². The highest BCUT2D eigenvalue weighted by Gasteiger charge is 2.34. The molecule has 2 aliphatic rings. The molecule has 3 amide bonds. The van der Waals surface area contributed by atoms with Crippen molar-refractivity contribution < 1.29 is 14.4 Å². The third-order valence-electron chi connectivity index (χ3n) is 8.46. The number of fused-ring (bicyclic) bond motifs is 1. The molecular formula is C34H40N4O3. The van der Waals surface area contributed by atoms with E-state index in [2.05, 4.69) is 10.6 Å². The molecule has 5 rings (SSSR count). The second-order valence-electron chi connectivity index (χ2n) is 11.5. The first-order valence-corrected chi connectivity index (χ1v) is 14.8. The number of rotatable bonds is 8. The lowest BCUT2D eigenvalue weighted by Gasteiger charge is -2.31. The summed E-state index contributed by atoms with van der Waals surface area (Å²) in [7, 11) is 0. The fourth-order valence-corrected chi connectivity index (χ4v) is 6.14. The van der Waals surface area contributed by atoms with Gasteiger partial charge in [-0.1, -0.05) is 66.6 Å². The van der Waals surface area contributed by atoms with Crippen LogP contribution < -0.4 is 21.3 Å². The minimum atomic E-state index is -0.457. The molecule has 7 heteroatoms. The molecule has 1 aliphatic heterocycles. The second kappa shape index (κ2) is 13.1. The number of carbonyl (C=O) groups excluding carboxylic acids is 3. The Morgan fingerprint density at radius 2 is 1.76 bits per heavy atom. The van der Waals surface area contributed by atoms with Crippen molar-refractivity contribution in [3.05, 3.63) is 95.1 Å². The number of amides is 3. The van der Waals surface area contributed by atoms with Gasteiger partial charge in [-0.15, -0.1) is 0 Å². The zero-order valence-electron chi connectivity index (χ0n) is 23.8. The van der Waals surface area contributed by atoms with Crippen molar-refractivity contribution in [3.63, 3.8) is 0 Å². The van der Waals surface area contributed by atoms with Gasteiger partial charge in [-0.3, -0.25) is 14.4 Å². The summed E-state index contributed by atoms with van der Waals surface area (Å²) in [6, 6.07) is 22.7. The molecule has 0 saturated heterocycles. The second-order valence-corrected chi connectivity index (χ2v) is 11.5. The van der Waals surface area contributed by atoms with Crippen LogP contribution in [-0.4, -0.2) is 30.8 Å². The van der Waals surface area contributed by atoms with E-state index >= 15 is 0 Å². The van der Waals surface area contributed by atoms with Crippen LogP contribution in [0.4, 0.5) is 11.4 Å². The normalized spacial score (nSPS) is 20.5. The molecule has 4 N–H and O–H groups in total. The number of hydrogen-bond acceptors (Lipinski definition) is 4. The van der Waals surface area contributed by atoms with E-state index < -0.39 is 6.04 Å². The Labute approximate surface area is 242 Å². The smallest absolute Gasteiger partial charge is 0.251 e. The summed E-state index contributed by atoms with van der Waals surface area (Å²) in [5.41, 5.74) is 10.5. The third kappa shape index (κ3) is 7.03. The van der Waals surface area contributed by atoms with Gasteiger partial charge in [0.15, 0.2) is 0 Å². The van der Waals surface area contributed by atoms with Crippen LogP contribution in [0.2, 0.25) is 0 Å². The van der Waals surface area contributed by atoms with Crippen molar-refractivity contribution in [2.24, 2.45) is 17.6 Å². The molecule has 41 heavy (non-hydrogen) atoms. The summed E-state index contributed by atoms with van der Waals surface area (Å²) in [5, 5.41) is 6.07. The van der Waals surface area contributed by atoms with E-state index in [-0.39, 0.29) is 24.1 Å². The zero-order valence-corrected chi connectivity index (χ0v) is 23.8. The molecule has 214 valence electrons. The minimum Gasteiger partial charge on any atom is -0.352 e. The van der Waals surface area contributed by atoms with E-state index in [1.807, 2.05) is 61.5 Å².